The zero-order chi connectivity index (χ0) is 23.2. The van der Waals surface area contributed by atoms with Crippen molar-refractivity contribution < 1.29 is 8.42 Å². The van der Waals surface area contributed by atoms with Gasteiger partial charge in [-0.15, -0.1) is 0 Å². The summed E-state index contributed by atoms with van der Waals surface area (Å²) in [5.74, 6) is 0.445. The predicted octanol–water partition coefficient (Wildman–Crippen LogP) is 3.09. The molecule has 0 unspecified atom stereocenters. The van der Waals surface area contributed by atoms with E-state index in [0.717, 1.165) is 6.26 Å². The molecule has 5 rings (SSSR count). The summed E-state index contributed by atoms with van der Waals surface area (Å²) in [6.07, 6.45) is 5.64. The van der Waals surface area contributed by atoms with Gasteiger partial charge in [-0.25, -0.2) is 28.1 Å². The first kappa shape index (κ1) is 21.0. The van der Waals surface area contributed by atoms with Crippen molar-refractivity contribution in [3.8, 4) is 23.0 Å². The minimum atomic E-state index is -3.43. The predicted molar refractivity (Wildman–Crippen MR) is 124 cm³/mol. The first-order valence-electron chi connectivity index (χ1n) is 9.67. The van der Waals surface area contributed by atoms with Crippen LogP contribution in [-0.4, -0.2) is 44.0 Å². The molecule has 0 saturated carbocycles. The Bertz CT molecular complexity index is 1660. The number of sulfone groups is 1. The van der Waals surface area contributed by atoms with Gasteiger partial charge in [0.25, 0.3) is 5.56 Å². The van der Waals surface area contributed by atoms with Crippen molar-refractivity contribution in [1.29, 1.82) is 0 Å². The molecule has 0 aliphatic rings. The van der Waals surface area contributed by atoms with Crippen molar-refractivity contribution in [1.82, 2.24) is 29.3 Å². The quantitative estimate of drug-likeness (QED) is 0.390. The maximum absolute atomic E-state index is 13.6. The molecule has 0 N–H and O–H groups in total. The summed E-state index contributed by atoms with van der Waals surface area (Å²) in [7, 11) is -3.43. The average Bonchev–Trinajstić information content (AvgIpc) is 3.24. The fraction of sp³-hybridized carbons (Fsp3) is 0.0455. The highest BCUT2D eigenvalue weighted by Crippen LogP contribution is 2.23. The van der Waals surface area contributed by atoms with Gasteiger partial charge in [-0.2, -0.15) is 5.10 Å². The minimum Gasteiger partial charge on any atom is -0.268 e. The van der Waals surface area contributed by atoms with Crippen molar-refractivity contribution >= 4 is 32.5 Å². The van der Waals surface area contributed by atoms with E-state index in [0.29, 0.717) is 16.4 Å². The molecule has 3 heterocycles. The van der Waals surface area contributed by atoms with Crippen molar-refractivity contribution in [3.05, 3.63) is 88.6 Å². The van der Waals surface area contributed by atoms with Gasteiger partial charge in [-0.3, -0.25) is 9.36 Å². The van der Waals surface area contributed by atoms with Crippen molar-refractivity contribution in [2.24, 2.45) is 0 Å². The lowest BCUT2D eigenvalue weighted by atomic mass is 10.3. The molecule has 0 fully saturated rings. The van der Waals surface area contributed by atoms with Gasteiger partial charge < -0.3 is 0 Å². The molecule has 0 aliphatic heterocycles. The lowest BCUT2D eigenvalue weighted by molar-refractivity contribution is 0.601. The molecular weight excluding hydrogens is 464 g/mol. The van der Waals surface area contributed by atoms with Crippen LogP contribution in [0.25, 0.3) is 34.1 Å². The number of nitrogens with zero attached hydrogens (tertiary/aromatic N) is 6. The number of rotatable bonds is 4. The Morgan fingerprint density at radius 2 is 1.67 bits per heavy atom. The lowest BCUT2D eigenvalue weighted by Crippen LogP contribution is -2.22. The maximum atomic E-state index is 13.6. The first-order valence-corrected chi connectivity index (χ1v) is 11.9. The summed E-state index contributed by atoms with van der Waals surface area (Å²) < 4.78 is 26.8. The van der Waals surface area contributed by atoms with Crippen LogP contribution in [0.4, 0.5) is 0 Å². The van der Waals surface area contributed by atoms with Crippen LogP contribution in [0.3, 0.4) is 0 Å². The molecule has 0 spiro atoms. The topological polar surface area (TPSA) is 113 Å². The van der Waals surface area contributed by atoms with Crippen molar-refractivity contribution in [2.45, 2.75) is 4.90 Å². The van der Waals surface area contributed by atoms with Crippen molar-refractivity contribution in [2.75, 3.05) is 6.26 Å². The van der Waals surface area contributed by atoms with E-state index in [-0.39, 0.29) is 33.1 Å². The van der Waals surface area contributed by atoms with Gasteiger partial charge in [0.2, 0.25) is 0 Å². The van der Waals surface area contributed by atoms with Gasteiger partial charge in [0.1, 0.15) is 5.39 Å². The minimum absolute atomic E-state index is 0.129. The molecular formula is C22H15ClN6O3S. The molecule has 0 bridgehead atoms. The van der Waals surface area contributed by atoms with Crippen LogP contribution in [0.15, 0.2) is 82.9 Å². The number of halogens is 1. The summed E-state index contributed by atoms with van der Waals surface area (Å²) in [5, 5.41) is 5.09. The fourth-order valence-corrected chi connectivity index (χ4v) is 4.18. The third-order valence-electron chi connectivity index (χ3n) is 4.94. The second-order valence-electron chi connectivity index (χ2n) is 7.19. The molecule has 3 aromatic heterocycles. The monoisotopic (exact) mass is 478 g/mol. The van der Waals surface area contributed by atoms with E-state index < -0.39 is 9.84 Å². The molecule has 0 radical (unpaired) electrons. The molecule has 11 heteroatoms. The van der Waals surface area contributed by atoms with E-state index >= 15 is 0 Å². The van der Waals surface area contributed by atoms with Crippen LogP contribution in [0.5, 0.6) is 0 Å². The highest BCUT2D eigenvalue weighted by atomic mass is 35.5. The fourth-order valence-electron chi connectivity index (χ4n) is 3.40. The maximum Gasteiger partial charge on any atom is 0.269 e. The zero-order valence-corrected chi connectivity index (χ0v) is 18.7. The van der Waals surface area contributed by atoms with E-state index in [1.54, 1.807) is 54.9 Å². The van der Waals surface area contributed by atoms with Gasteiger partial charge in [-0.05, 0) is 48.5 Å². The second-order valence-corrected chi connectivity index (χ2v) is 9.64. The average molecular weight is 479 g/mol. The van der Waals surface area contributed by atoms with Crippen LogP contribution in [0, 0.1) is 0 Å². The van der Waals surface area contributed by atoms with Crippen LogP contribution in [0.2, 0.25) is 5.02 Å². The second kappa shape index (κ2) is 7.91. The zero-order valence-electron chi connectivity index (χ0n) is 17.1. The molecule has 164 valence electrons. The Hall–Kier alpha value is -3.89. The Kier molecular flexibility index (Phi) is 5.03. The molecule has 2 aromatic carbocycles. The molecule has 33 heavy (non-hydrogen) atoms. The molecule has 9 nitrogen and oxygen atoms in total. The molecule has 0 atom stereocenters. The Morgan fingerprint density at radius 1 is 0.939 bits per heavy atom. The smallest absolute Gasteiger partial charge is 0.268 e. The summed E-state index contributed by atoms with van der Waals surface area (Å²) in [4.78, 5) is 26.9. The number of aromatic nitrogens is 6. The summed E-state index contributed by atoms with van der Waals surface area (Å²) >= 11 is 6.02. The molecule has 0 amide bonds. The highest BCUT2D eigenvalue weighted by Gasteiger charge is 2.20. The Balaban J connectivity index is 1.82. The Morgan fingerprint density at radius 3 is 2.36 bits per heavy atom. The van der Waals surface area contributed by atoms with Crippen LogP contribution in [-0.2, 0) is 9.84 Å². The highest BCUT2D eigenvalue weighted by molar-refractivity contribution is 7.90. The number of hydrogen-bond donors (Lipinski definition) is 0. The van der Waals surface area contributed by atoms with Gasteiger partial charge in [-0.1, -0.05) is 17.7 Å². The number of benzene rings is 2. The normalized spacial score (nSPS) is 11.7. The number of hydrogen-bond acceptors (Lipinski definition) is 7. The van der Waals surface area contributed by atoms with E-state index in [2.05, 4.69) is 20.1 Å². The third-order valence-corrected chi connectivity index (χ3v) is 6.30. The molecule has 5 aromatic rings. The van der Waals surface area contributed by atoms with Crippen LogP contribution >= 0.6 is 11.6 Å². The van der Waals surface area contributed by atoms with Gasteiger partial charge >= 0.3 is 0 Å². The summed E-state index contributed by atoms with van der Waals surface area (Å²) in [6, 6.07) is 14.7. The SMILES string of the molecule is CS(=O)(=O)c1cccc(-n2ncc3c(=O)n(-c4ccc(Cl)cc4)c(-c4ncccn4)nc32)c1. The van der Waals surface area contributed by atoms with Crippen LogP contribution < -0.4 is 5.56 Å². The van der Waals surface area contributed by atoms with E-state index in [1.165, 1.54) is 27.6 Å². The van der Waals surface area contributed by atoms with Crippen molar-refractivity contribution in [3.63, 3.8) is 0 Å². The van der Waals surface area contributed by atoms with Gasteiger partial charge in [0.05, 0.1) is 22.5 Å². The molecule has 0 saturated heterocycles. The summed E-state index contributed by atoms with van der Waals surface area (Å²) in [5.41, 5.74) is 0.852. The standard InChI is InChI=1S/C22H15ClN6O3S/c1-33(31,32)17-5-2-4-16(12-17)29-20-18(13-26-29)22(30)28(15-8-6-14(23)7-9-15)21(27-20)19-24-10-3-11-25-19/h2-13H,1H3. The van der Waals surface area contributed by atoms with Crippen LogP contribution in [0.1, 0.15) is 0 Å². The van der Waals surface area contributed by atoms with E-state index in [4.69, 9.17) is 11.6 Å². The van der Waals surface area contributed by atoms with Gasteiger partial charge in [0, 0.05) is 23.7 Å². The van der Waals surface area contributed by atoms with E-state index in [1.807, 2.05) is 0 Å². The Labute approximate surface area is 192 Å². The largest absolute Gasteiger partial charge is 0.269 e. The molecule has 0 aliphatic carbocycles. The van der Waals surface area contributed by atoms with E-state index in [9.17, 15) is 13.2 Å². The third kappa shape index (κ3) is 3.79. The van der Waals surface area contributed by atoms with Gasteiger partial charge in [0.15, 0.2) is 27.1 Å². The lowest BCUT2D eigenvalue weighted by Gasteiger charge is -2.12. The number of fused-ring (bicyclic) bond motifs is 1. The first-order chi connectivity index (χ1) is 15.8. The summed E-state index contributed by atoms with van der Waals surface area (Å²) in [6.45, 7) is 0.